The minimum atomic E-state index is -1.33. The maximum absolute atomic E-state index is 13.8. The van der Waals surface area contributed by atoms with Crippen LogP contribution in [0.2, 0.25) is 0 Å². The zero-order chi connectivity index (χ0) is 30.0. The molecule has 1 atom stereocenters. The number of aliphatic imine (C=N–C) groups is 1. The summed E-state index contributed by atoms with van der Waals surface area (Å²) in [6, 6.07) is 7.61. The van der Waals surface area contributed by atoms with Crippen LogP contribution in [0.3, 0.4) is 0 Å². The highest BCUT2D eigenvalue weighted by Gasteiger charge is 2.38. The molecule has 0 bridgehead atoms. The Morgan fingerprint density at radius 2 is 2.02 bits per heavy atom. The van der Waals surface area contributed by atoms with Gasteiger partial charge in [0.05, 0.1) is 58.7 Å². The minimum absolute atomic E-state index is 0.0439. The molecule has 2 aromatic heterocycles. The van der Waals surface area contributed by atoms with Crippen molar-refractivity contribution in [2.45, 2.75) is 59.3 Å². The highest BCUT2D eigenvalue weighted by Crippen LogP contribution is 2.46. The number of carbonyl (C=O) groups excluding carboxylic acids is 2. The van der Waals surface area contributed by atoms with E-state index in [1.165, 1.54) is 0 Å². The number of esters is 2. The summed E-state index contributed by atoms with van der Waals surface area (Å²) >= 11 is 0. The van der Waals surface area contributed by atoms with Gasteiger partial charge in [-0.1, -0.05) is 39.7 Å². The van der Waals surface area contributed by atoms with Gasteiger partial charge in [-0.3, -0.25) is 14.5 Å². The van der Waals surface area contributed by atoms with Gasteiger partial charge in [0.2, 0.25) is 6.10 Å². The number of hydrogen-bond acceptors (Lipinski definition) is 10. The highest BCUT2D eigenvalue weighted by molar-refractivity contribution is 6.11. The molecule has 3 aliphatic rings. The number of nitrogens with two attached hydrogens (primary N) is 1. The molecule has 11 heteroatoms. The fourth-order valence-corrected chi connectivity index (χ4v) is 5.74. The van der Waals surface area contributed by atoms with E-state index in [9.17, 15) is 14.4 Å². The van der Waals surface area contributed by atoms with Gasteiger partial charge in [0.1, 0.15) is 6.61 Å². The number of unbranched alkanes of at least 4 members (excludes halogenated alkanes) is 2. The molecule has 0 radical (unpaired) electrons. The smallest absolute Gasteiger partial charge is 0.352 e. The molecule has 2 N–H and O–H groups in total. The number of ether oxygens (including phenoxy) is 2. The van der Waals surface area contributed by atoms with Crippen LogP contribution in [0.4, 0.5) is 11.4 Å². The molecule has 0 aliphatic carbocycles. The fraction of sp³-hybridized carbons (Fsp3) is 0.452. The lowest BCUT2D eigenvalue weighted by molar-refractivity contribution is -0.172. The lowest BCUT2D eigenvalue weighted by atomic mass is 9.99. The van der Waals surface area contributed by atoms with Gasteiger partial charge >= 0.3 is 11.9 Å². The number of cyclic esters (lactones) is 1. The number of fused-ring (bicyclic) bond motifs is 5. The average Bonchev–Trinajstić information content (AvgIpc) is 3.35. The second kappa shape index (κ2) is 12.4. The van der Waals surface area contributed by atoms with Crippen LogP contribution >= 0.6 is 0 Å². The van der Waals surface area contributed by atoms with Crippen molar-refractivity contribution in [2.24, 2.45) is 10.7 Å². The van der Waals surface area contributed by atoms with Crippen LogP contribution in [0.5, 0.6) is 0 Å². The van der Waals surface area contributed by atoms with E-state index in [0.717, 1.165) is 53.6 Å². The molecule has 0 spiro atoms. The molecule has 11 nitrogen and oxygen atoms in total. The average molecular weight is 575 g/mol. The number of carbonyl (C=O) groups is 2. The van der Waals surface area contributed by atoms with Crippen LogP contribution in [0.25, 0.3) is 22.3 Å². The Morgan fingerprint density at radius 1 is 1.21 bits per heavy atom. The third kappa shape index (κ3) is 5.18. The van der Waals surface area contributed by atoms with Gasteiger partial charge in [-0.05, 0) is 31.7 Å². The maximum atomic E-state index is 13.8. The molecule has 1 aromatic carbocycles. The van der Waals surface area contributed by atoms with Crippen molar-refractivity contribution in [1.82, 2.24) is 14.5 Å². The summed E-state index contributed by atoms with van der Waals surface area (Å²) in [7, 11) is 1.74. The van der Waals surface area contributed by atoms with E-state index in [-0.39, 0.29) is 18.7 Å². The van der Waals surface area contributed by atoms with E-state index >= 15 is 0 Å². The van der Waals surface area contributed by atoms with Crippen LogP contribution in [0, 0.1) is 0 Å². The lowest BCUT2D eigenvalue weighted by Gasteiger charge is -2.27. The number of hydrogen-bond donors (Lipinski definition) is 1. The summed E-state index contributed by atoms with van der Waals surface area (Å²) in [4.78, 5) is 52.7. The molecule has 0 amide bonds. The second-order valence-electron chi connectivity index (χ2n) is 10.5. The van der Waals surface area contributed by atoms with Crippen molar-refractivity contribution in [2.75, 3.05) is 38.1 Å². The van der Waals surface area contributed by atoms with Gasteiger partial charge < -0.3 is 24.7 Å². The van der Waals surface area contributed by atoms with Crippen LogP contribution in [-0.4, -0.2) is 66.0 Å². The predicted molar refractivity (Wildman–Crippen MR) is 162 cm³/mol. The minimum Gasteiger partial charge on any atom is -0.458 e. The quantitative estimate of drug-likeness (QED) is 0.235. The maximum Gasteiger partial charge on any atom is 0.352 e. The van der Waals surface area contributed by atoms with E-state index in [1.807, 2.05) is 38.4 Å². The molecule has 222 valence electrons. The summed E-state index contributed by atoms with van der Waals surface area (Å²) < 4.78 is 12.5. The highest BCUT2D eigenvalue weighted by atomic mass is 16.6. The predicted octanol–water partition coefficient (Wildman–Crippen LogP) is 3.65. The van der Waals surface area contributed by atoms with Gasteiger partial charge in [0.15, 0.2) is 0 Å². The third-order valence-corrected chi connectivity index (χ3v) is 7.70. The van der Waals surface area contributed by atoms with E-state index in [0.29, 0.717) is 42.1 Å². The largest absolute Gasteiger partial charge is 0.458 e. The summed E-state index contributed by atoms with van der Waals surface area (Å²) in [5.41, 5.74) is 10.8. The van der Waals surface area contributed by atoms with E-state index < -0.39 is 18.0 Å². The number of benzene rings is 1. The van der Waals surface area contributed by atoms with Gasteiger partial charge in [0, 0.05) is 30.8 Å². The first kappa shape index (κ1) is 29.4. The monoisotopic (exact) mass is 574 g/mol. The molecule has 3 aliphatic heterocycles. The number of rotatable bonds is 9. The van der Waals surface area contributed by atoms with Crippen LogP contribution in [0.1, 0.15) is 62.8 Å². The van der Waals surface area contributed by atoms with Gasteiger partial charge in [-0.2, -0.15) is 0 Å². The molecule has 42 heavy (non-hydrogen) atoms. The molecular formula is C31H38N6O5. The standard InChI is InChI=1S/C29H32N6O5.C2H6/c1-3-4-5-10-34-16-31-20-7-6-8-21-24(20)26(34)18-13-35-22(25(18)32-21)12-17-19(28(35)37)15-39-29(38)27(17)40-23(36)14-33(2)11-9-30;1-2/h6-8,12,16,27H,3-5,9-11,13-15,30H2,1-2H3;1-2H3. The number of aromatic nitrogens is 2. The molecule has 1 unspecified atom stereocenters. The van der Waals surface area contributed by atoms with Gasteiger partial charge in [0.25, 0.3) is 5.56 Å². The Hall–Kier alpha value is -4.09. The summed E-state index contributed by atoms with van der Waals surface area (Å²) in [6.07, 6.45) is 3.76. The number of pyridine rings is 2. The topological polar surface area (TPSA) is 132 Å². The first-order valence-electron chi connectivity index (χ1n) is 14.7. The Morgan fingerprint density at radius 3 is 2.79 bits per heavy atom. The van der Waals surface area contributed by atoms with Crippen LogP contribution in [0.15, 0.2) is 34.1 Å². The fourth-order valence-electron chi connectivity index (χ4n) is 5.74. The van der Waals surface area contributed by atoms with Crippen LogP contribution in [-0.2, 0) is 32.2 Å². The zero-order valence-electron chi connectivity index (χ0n) is 24.7. The third-order valence-electron chi connectivity index (χ3n) is 7.70. The molecule has 0 saturated heterocycles. The molecule has 6 rings (SSSR count). The molecule has 5 heterocycles. The number of anilines is 1. The Balaban J connectivity index is 0.00000173. The molecule has 0 saturated carbocycles. The second-order valence-corrected chi connectivity index (χ2v) is 10.5. The lowest BCUT2D eigenvalue weighted by Crippen LogP contribution is -2.37. The van der Waals surface area contributed by atoms with Crippen molar-refractivity contribution in [1.29, 1.82) is 0 Å². The zero-order valence-corrected chi connectivity index (χ0v) is 24.7. The summed E-state index contributed by atoms with van der Waals surface area (Å²) in [5.74, 6) is -1.30. The van der Waals surface area contributed by atoms with Gasteiger partial charge in [-0.15, -0.1) is 0 Å². The Labute approximate surface area is 244 Å². The summed E-state index contributed by atoms with van der Waals surface area (Å²) in [5, 5.41) is 0.970. The van der Waals surface area contributed by atoms with Crippen molar-refractivity contribution in [3.05, 3.63) is 51.3 Å². The van der Waals surface area contributed by atoms with Crippen LogP contribution < -0.4 is 16.2 Å². The summed E-state index contributed by atoms with van der Waals surface area (Å²) in [6.45, 7) is 7.97. The van der Waals surface area contributed by atoms with Crippen molar-refractivity contribution < 1.29 is 19.1 Å². The first-order valence-corrected chi connectivity index (χ1v) is 14.7. The Kier molecular flexibility index (Phi) is 8.69. The molecular weight excluding hydrogens is 536 g/mol. The van der Waals surface area contributed by atoms with E-state index in [1.54, 1.807) is 22.6 Å². The Bertz CT molecular complexity index is 1610. The van der Waals surface area contributed by atoms with Crippen molar-refractivity contribution >= 4 is 40.6 Å². The normalized spacial score (nSPS) is 16.0. The number of likely N-dealkylation sites (N-methyl/N-ethyl adjacent to an activating group) is 1. The van der Waals surface area contributed by atoms with Crippen molar-refractivity contribution in [3.8, 4) is 11.4 Å². The van der Waals surface area contributed by atoms with Crippen molar-refractivity contribution in [3.63, 3.8) is 0 Å². The van der Waals surface area contributed by atoms with E-state index in [2.05, 4.69) is 16.8 Å². The van der Waals surface area contributed by atoms with E-state index in [4.69, 9.17) is 20.2 Å². The first-order chi connectivity index (χ1) is 20.4. The molecule has 3 aromatic rings. The molecule has 0 fully saturated rings. The number of nitrogens with zero attached hydrogens (tertiary/aromatic N) is 5. The van der Waals surface area contributed by atoms with Gasteiger partial charge in [-0.25, -0.2) is 14.8 Å². The SMILES string of the molecule is CC.CCCCCN1C=Nc2cccc3nc4c(c1c23)Cn1c-4cc2c(c1=O)COC(=O)C2OC(=O)CN(C)CCN.